The Morgan fingerprint density at radius 1 is 1.62 bits per heavy atom. The second-order valence-electron chi connectivity index (χ2n) is 3.89. The lowest BCUT2D eigenvalue weighted by molar-refractivity contribution is 0.144. The molecule has 0 saturated heterocycles. The van der Waals surface area contributed by atoms with E-state index in [1.54, 1.807) is 0 Å². The molecule has 0 bridgehead atoms. The van der Waals surface area contributed by atoms with Gasteiger partial charge in [-0.15, -0.1) is 0 Å². The largest absolute Gasteiger partial charge is 0.411 e. The number of hydrogen-bond acceptors (Lipinski definition) is 3. The van der Waals surface area contributed by atoms with Gasteiger partial charge in [-0.25, -0.2) is 0 Å². The van der Waals surface area contributed by atoms with Gasteiger partial charge in [0.1, 0.15) is 0 Å². The predicted octanol–water partition coefficient (Wildman–Crippen LogP) is 1.80. The molecule has 3 nitrogen and oxygen atoms in total. The summed E-state index contributed by atoms with van der Waals surface area (Å²) < 4.78 is 0. The summed E-state index contributed by atoms with van der Waals surface area (Å²) in [5, 5.41) is 21.2. The molecule has 2 N–H and O–H groups in total. The standard InChI is InChI=1S/C10H17NO2/c1-8(11-13)10(2)6-4-3-5-9(10)7-12/h3-4,9,12-13H,5-7H2,1-2H3/b11-8+/t9-,10-/m1/s1. The summed E-state index contributed by atoms with van der Waals surface area (Å²) in [5.41, 5.74) is 0.522. The number of rotatable bonds is 2. The first kappa shape index (κ1) is 10.3. The van der Waals surface area contributed by atoms with Crippen molar-refractivity contribution in [3.8, 4) is 0 Å². The Bertz CT molecular complexity index is 235. The molecule has 0 aromatic heterocycles. The third-order valence-electron chi connectivity index (χ3n) is 3.23. The molecule has 13 heavy (non-hydrogen) atoms. The highest BCUT2D eigenvalue weighted by atomic mass is 16.4. The summed E-state index contributed by atoms with van der Waals surface area (Å²) in [5.74, 6) is 0.174. The Hall–Kier alpha value is -0.830. The van der Waals surface area contributed by atoms with Crippen LogP contribution in [0.2, 0.25) is 0 Å². The lowest BCUT2D eigenvalue weighted by atomic mass is 9.68. The van der Waals surface area contributed by atoms with E-state index in [-0.39, 0.29) is 17.9 Å². The lowest BCUT2D eigenvalue weighted by Crippen LogP contribution is -2.37. The number of allylic oxidation sites excluding steroid dienone is 2. The predicted molar refractivity (Wildman–Crippen MR) is 52.0 cm³/mol. The van der Waals surface area contributed by atoms with Gasteiger partial charge in [0.25, 0.3) is 0 Å². The molecule has 0 unspecified atom stereocenters. The van der Waals surface area contributed by atoms with Crippen molar-refractivity contribution in [2.75, 3.05) is 6.61 Å². The van der Waals surface area contributed by atoms with Crippen LogP contribution in [0.25, 0.3) is 0 Å². The van der Waals surface area contributed by atoms with Crippen LogP contribution >= 0.6 is 0 Å². The van der Waals surface area contributed by atoms with Crippen LogP contribution in [-0.4, -0.2) is 22.6 Å². The highest BCUT2D eigenvalue weighted by molar-refractivity contribution is 5.87. The molecule has 0 radical (unpaired) electrons. The average molecular weight is 183 g/mol. The quantitative estimate of drug-likeness (QED) is 0.297. The Morgan fingerprint density at radius 2 is 2.31 bits per heavy atom. The van der Waals surface area contributed by atoms with E-state index in [0.717, 1.165) is 12.8 Å². The number of hydrogen-bond donors (Lipinski definition) is 2. The van der Waals surface area contributed by atoms with Gasteiger partial charge in [0.05, 0.1) is 5.71 Å². The molecule has 0 spiro atoms. The SMILES string of the molecule is C/C(=N\O)[C@@]1(C)CC=CC[C@@H]1CO. The molecule has 3 heteroatoms. The summed E-state index contributed by atoms with van der Waals surface area (Å²) in [7, 11) is 0. The van der Waals surface area contributed by atoms with Crippen LogP contribution in [0, 0.1) is 11.3 Å². The summed E-state index contributed by atoms with van der Waals surface area (Å²) >= 11 is 0. The van der Waals surface area contributed by atoms with E-state index in [0.29, 0.717) is 5.71 Å². The first-order chi connectivity index (χ1) is 6.15. The van der Waals surface area contributed by atoms with Crippen molar-refractivity contribution in [2.45, 2.75) is 26.7 Å². The first-order valence-electron chi connectivity index (χ1n) is 4.60. The second kappa shape index (κ2) is 3.92. The van der Waals surface area contributed by atoms with Gasteiger partial charge in [-0.3, -0.25) is 0 Å². The topological polar surface area (TPSA) is 52.8 Å². The van der Waals surface area contributed by atoms with Crippen LogP contribution in [0.15, 0.2) is 17.3 Å². The number of aliphatic hydroxyl groups is 1. The highest BCUT2D eigenvalue weighted by Gasteiger charge is 2.37. The molecule has 1 rings (SSSR count). The van der Waals surface area contributed by atoms with Crippen LogP contribution in [-0.2, 0) is 0 Å². The number of oxime groups is 1. The van der Waals surface area contributed by atoms with E-state index in [1.165, 1.54) is 0 Å². The zero-order valence-electron chi connectivity index (χ0n) is 8.20. The summed E-state index contributed by atoms with van der Waals surface area (Å²) in [6, 6.07) is 0. The summed E-state index contributed by atoms with van der Waals surface area (Å²) in [4.78, 5) is 0. The Kier molecular flexibility index (Phi) is 3.09. The molecule has 0 aromatic carbocycles. The molecular weight excluding hydrogens is 166 g/mol. The van der Waals surface area contributed by atoms with Crippen LogP contribution in [0.3, 0.4) is 0 Å². The van der Waals surface area contributed by atoms with Gasteiger partial charge in [0.2, 0.25) is 0 Å². The van der Waals surface area contributed by atoms with Crippen molar-refractivity contribution in [2.24, 2.45) is 16.5 Å². The molecule has 2 atom stereocenters. The third-order valence-corrected chi connectivity index (χ3v) is 3.23. The van der Waals surface area contributed by atoms with Crippen LogP contribution in [0.5, 0.6) is 0 Å². The van der Waals surface area contributed by atoms with Gasteiger partial charge in [0, 0.05) is 12.0 Å². The van der Waals surface area contributed by atoms with Crippen molar-refractivity contribution in [3.05, 3.63) is 12.2 Å². The van der Waals surface area contributed by atoms with E-state index in [1.807, 2.05) is 13.8 Å². The Balaban J connectivity index is 2.91. The summed E-state index contributed by atoms with van der Waals surface area (Å²) in [6.07, 6.45) is 5.86. The van der Waals surface area contributed by atoms with Gasteiger partial charge in [0.15, 0.2) is 0 Å². The fourth-order valence-corrected chi connectivity index (χ4v) is 1.85. The lowest BCUT2D eigenvalue weighted by Gasteiger charge is -2.37. The Morgan fingerprint density at radius 3 is 2.85 bits per heavy atom. The van der Waals surface area contributed by atoms with Gasteiger partial charge < -0.3 is 10.3 Å². The monoisotopic (exact) mass is 183 g/mol. The second-order valence-corrected chi connectivity index (χ2v) is 3.89. The molecule has 0 fully saturated rings. The minimum atomic E-state index is -0.182. The van der Waals surface area contributed by atoms with Gasteiger partial charge in [-0.1, -0.05) is 24.2 Å². The van der Waals surface area contributed by atoms with Crippen molar-refractivity contribution < 1.29 is 10.3 Å². The molecule has 0 aliphatic heterocycles. The maximum Gasteiger partial charge on any atom is 0.0605 e. The van der Waals surface area contributed by atoms with E-state index in [4.69, 9.17) is 5.21 Å². The number of nitrogens with zero attached hydrogens (tertiary/aromatic N) is 1. The van der Waals surface area contributed by atoms with Crippen molar-refractivity contribution >= 4 is 5.71 Å². The minimum absolute atomic E-state index is 0.147. The third kappa shape index (κ3) is 1.75. The van der Waals surface area contributed by atoms with Gasteiger partial charge in [-0.05, 0) is 25.7 Å². The normalized spacial score (nSPS) is 35.0. The summed E-state index contributed by atoms with van der Waals surface area (Å²) in [6.45, 7) is 3.99. The molecule has 74 valence electrons. The van der Waals surface area contributed by atoms with Crippen molar-refractivity contribution in [3.63, 3.8) is 0 Å². The van der Waals surface area contributed by atoms with E-state index in [9.17, 15) is 5.11 Å². The van der Waals surface area contributed by atoms with Gasteiger partial charge >= 0.3 is 0 Å². The molecular formula is C10H17NO2. The first-order valence-corrected chi connectivity index (χ1v) is 4.60. The van der Waals surface area contributed by atoms with E-state index in [2.05, 4.69) is 17.3 Å². The molecule has 0 aromatic rings. The van der Waals surface area contributed by atoms with E-state index >= 15 is 0 Å². The maximum absolute atomic E-state index is 9.20. The van der Waals surface area contributed by atoms with E-state index < -0.39 is 0 Å². The van der Waals surface area contributed by atoms with Crippen LogP contribution in [0.4, 0.5) is 0 Å². The molecule has 0 amide bonds. The van der Waals surface area contributed by atoms with Gasteiger partial charge in [-0.2, -0.15) is 0 Å². The fraction of sp³-hybridized carbons (Fsp3) is 0.700. The molecule has 1 aliphatic rings. The van der Waals surface area contributed by atoms with Crippen LogP contribution < -0.4 is 0 Å². The van der Waals surface area contributed by atoms with Crippen LogP contribution in [0.1, 0.15) is 26.7 Å². The average Bonchev–Trinajstić information content (AvgIpc) is 2.17. The molecule has 0 heterocycles. The zero-order valence-corrected chi connectivity index (χ0v) is 8.20. The van der Waals surface area contributed by atoms with Crippen molar-refractivity contribution in [1.82, 2.24) is 0 Å². The molecule has 1 aliphatic carbocycles. The zero-order chi connectivity index (χ0) is 9.90. The number of aliphatic hydroxyl groups excluding tert-OH is 1. The maximum atomic E-state index is 9.20. The molecule has 0 saturated carbocycles. The Labute approximate surface area is 78.8 Å². The highest BCUT2D eigenvalue weighted by Crippen LogP contribution is 2.38. The minimum Gasteiger partial charge on any atom is -0.411 e. The van der Waals surface area contributed by atoms with Crippen molar-refractivity contribution in [1.29, 1.82) is 0 Å². The fourth-order valence-electron chi connectivity index (χ4n) is 1.85. The smallest absolute Gasteiger partial charge is 0.0605 e.